The Kier molecular flexibility index (Phi) is 4.10. The number of nitrogens with one attached hydrogen (secondary N) is 1. The van der Waals surface area contributed by atoms with Crippen LogP contribution in [0.2, 0.25) is 0 Å². The Bertz CT molecular complexity index is 594. The van der Waals surface area contributed by atoms with Crippen molar-refractivity contribution in [2.45, 2.75) is 43.5 Å². The molecule has 1 N–H and O–H groups in total. The number of H-pyrrole nitrogens is 1. The number of hydrogen-bond donors (Lipinski definition) is 1. The normalized spacial score (nSPS) is 24.6. The van der Waals surface area contributed by atoms with Crippen molar-refractivity contribution in [2.75, 3.05) is 7.05 Å². The molecule has 0 radical (unpaired) electrons. The van der Waals surface area contributed by atoms with Crippen molar-refractivity contribution in [2.24, 2.45) is 5.92 Å². The molecule has 19 heavy (non-hydrogen) atoms. The van der Waals surface area contributed by atoms with Crippen LogP contribution in [0.25, 0.3) is 0 Å². The first-order chi connectivity index (χ1) is 8.94. The zero-order valence-corrected chi connectivity index (χ0v) is 12.1. The van der Waals surface area contributed by atoms with E-state index in [1.807, 2.05) is 0 Å². The van der Waals surface area contributed by atoms with Crippen molar-refractivity contribution in [1.82, 2.24) is 9.29 Å². The molecule has 0 bridgehead atoms. The maximum atomic E-state index is 12.5. The lowest BCUT2D eigenvalue weighted by Gasteiger charge is -2.35. The van der Waals surface area contributed by atoms with Gasteiger partial charge in [-0.15, -0.1) is 0 Å². The van der Waals surface area contributed by atoms with Crippen LogP contribution in [0.3, 0.4) is 0 Å². The van der Waals surface area contributed by atoms with Gasteiger partial charge in [0.25, 0.3) is 0 Å². The fourth-order valence-corrected chi connectivity index (χ4v) is 4.29. The lowest BCUT2D eigenvalue weighted by molar-refractivity contribution is 0.213. The minimum absolute atomic E-state index is 0.0154. The van der Waals surface area contributed by atoms with Crippen LogP contribution in [-0.2, 0) is 10.0 Å². The predicted octanol–water partition coefficient (Wildman–Crippen LogP) is 1.57. The molecule has 2 atom stereocenters. The van der Waals surface area contributed by atoms with Gasteiger partial charge in [0.1, 0.15) is 4.90 Å². The zero-order chi connectivity index (χ0) is 14.0. The first kappa shape index (κ1) is 14.3. The van der Waals surface area contributed by atoms with Crippen LogP contribution in [-0.4, -0.2) is 30.8 Å². The first-order valence-electron chi connectivity index (χ1n) is 6.59. The fraction of sp³-hybridized carbons (Fsp3) is 0.615. The average molecular weight is 284 g/mol. The standard InChI is InChI=1S/C13H20N2O3S/c1-10-5-3-4-6-11(10)15(2)19(17,18)13-9-14-8-7-12(13)16/h7-11H,3-6H2,1-2H3,(H,14,16). The van der Waals surface area contributed by atoms with Crippen molar-refractivity contribution in [3.05, 3.63) is 28.7 Å². The third kappa shape index (κ3) is 2.74. The summed E-state index contributed by atoms with van der Waals surface area (Å²) in [7, 11) is -2.13. The summed E-state index contributed by atoms with van der Waals surface area (Å²) in [4.78, 5) is 14.2. The summed E-state index contributed by atoms with van der Waals surface area (Å²) < 4.78 is 26.4. The molecule has 2 unspecified atom stereocenters. The van der Waals surface area contributed by atoms with E-state index < -0.39 is 15.5 Å². The van der Waals surface area contributed by atoms with E-state index in [4.69, 9.17) is 0 Å². The molecular formula is C13H20N2O3S. The molecule has 1 heterocycles. The van der Waals surface area contributed by atoms with Gasteiger partial charge in [0.15, 0.2) is 0 Å². The van der Waals surface area contributed by atoms with Crippen molar-refractivity contribution < 1.29 is 8.42 Å². The molecular weight excluding hydrogens is 264 g/mol. The Morgan fingerprint density at radius 2 is 2.00 bits per heavy atom. The highest BCUT2D eigenvalue weighted by atomic mass is 32.2. The Labute approximate surface area is 113 Å². The number of aromatic amines is 1. The van der Waals surface area contributed by atoms with Crippen LogP contribution in [0.1, 0.15) is 32.6 Å². The molecule has 0 aromatic carbocycles. The molecule has 1 fully saturated rings. The third-order valence-electron chi connectivity index (χ3n) is 3.98. The van der Waals surface area contributed by atoms with Crippen LogP contribution >= 0.6 is 0 Å². The van der Waals surface area contributed by atoms with E-state index in [9.17, 15) is 13.2 Å². The van der Waals surface area contributed by atoms with E-state index in [0.717, 1.165) is 25.7 Å². The number of rotatable bonds is 3. The molecule has 0 saturated heterocycles. The summed E-state index contributed by atoms with van der Waals surface area (Å²) in [6.45, 7) is 2.07. The van der Waals surface area contributed by atoms with Crippen LogP contribution < -0.4 is 5.43 Å². The number of nitrogens with zero attached hydrogens (tertiary/aromatic N) is 1. The Hall–Kier alpha value is -1.14. The molecule has 1 aromatic heterocycles. The summed E-state index contributed by atoms with van der Waals surface area (Å²) in [5.74, 6) is 0.330. The van der Waals surface area contributed by atoms with Gasteiger partial charge in [0, 0.05) is 31.5 Å². The van der Waals surface area contributed by atoms with Crippen LogP contribution in [0.15, 0.2) is 28.2 Å². The second-order valence-corrected chi connectivity index (χ2v) is 7.19. The highest BCUT2D eigenvalue weighted by Crippen LogP contribution is 2.29. The van der Waals surface area contributed by atoms with Crippen LogP contribution in [0.5, 0.6) is 0 Å². The number of aromatic nitrogens is 1. The third-order valence-corrected chi connectivity index (χ3v) is 5.88. The number of hydrogen-bond acceptors (Lipinski definition) is 3. The van der Waals surface area contributed by atoms with Crippen LogP contribution in [0.4, 0.5) is 0 Å². The van der Waals surface area contributed by atoms with Gasteiger partial charge in [0.05, 0.1) is 0 Å². The van der Waals surface area contributed by atoms with E-state index >= 15 is 0 Å². The molecule has 1 aliphatic rings. The quantitative estimate of drug-likeness (QED) is 0.916. The summed E-state index contributed by atoms with van der Waals surface area (Å²) in [5, 5.41) is 0. The van der Waals surface area contributed by atoms with E-state index in [1.54, 1.807) is 7.05 Å². The highest BCUT2D eigenvalue weighted by molar-refractivity contribution is 7.89. The van der Waals surface area contributed by atoms with E-state index in [2.05, 4.69) is 11.9 Å². The second kappa shape index (κ2) is 5.46. The minimum atomic E-state index is -3.71. The summed E-state index contributed by atoms with van der Waals surface area (Å²) >= 11 is 0. The zero-order valence-electron chi connectivity index (χ0n) is 11.3. The SMILES string of the molecule is CC1CCCCC1N(C)S(=O)(=O)c1c[nH]ccc1=O. The Morgan fingerprint density at radius 1 is 1.32 bits per heavy atom. The smallest absolute Gasteiger partial charge is 0.248 e. The van der Waals surface area contributed by atoms with Gasteiger partial charge in [-0.3, -0.25) is 4.79 Å². The van der Waals surface area contributed by atoms with Gasteiger partial charge in [-0.25, -0.2) is 8.42 Å². The lowest BCUT2D eigenvalue weighted by Crippen LogP contribution is -2.43. The number of sulfonamides is 1. The molecule has 106 valence electrons. The summed E-state index contributed by atoms with van der Waals surface area (Å²) in [6.07, 6.45) is 6.79. The molecule has 1 aliphatic carbocycles. The molecule has 0 aliphatic heterocycles. The molecule has 0 spiro atoms. The van der Waals surface area contributed by atoms with Gasteiger partial charge in [-0.1, -0.05) is 19.8 Å². The highest BCUT2D eigenvalue weighted by Gasteiger charge is 2.34. The largest absolute Gasteiger partial charge is 0.366 e. The van der Waals surface area contributed by atoms with E-state index in [0.29, 0.717) is 5.92 Å². The second-order valence-electron chi connectivity index (χ2n) is 5.22. The maximum absolute atomic E-state index is 12.5. The van der Waals surface area contributed by atoms with E-state index in [1.165, 1.54) is 22.8 Å². The van der Waals surface area contributed by atoms with Gasteiger partial charge < -0.3 is 4.98 Å². The number of pyridine rings is 1. The van der Waals surface area contributed by atoms with Crippen LogP contribution in [0, 0.1) is 5.92 Å². The molecule has 6 heteroatoms. The van der Waals surface area contributed by atoms with Crippen molar-refractivity contribution in [3.63, 3.8) is 0 Å². The molecule has 1 aromatic rings. The van der Waals surface area contributed by atoms with E-state index in [-0.39, 0.29) is 10.9 Å². The maximum Gasteiger partial charge on any atom is 0.248 e. The first-order valence-corrected chi connectivity index (χ1v) is 8.03. The van der Waals surface area contributed by atoms with Gasteiger partial charge >= 0.3 is 0 Å². The Morgan fingerprint density at radius 3 is 2.63 bits per heavy atom. The molecule has 2 rings (SSSR count). The minimum Gasteiger partial charge on any atom is -0.366 e. The average Bonchev–Trinajstić information content (AvgIpc) is 2.39. The van der Waals surface area contributed by atoms with Crippen molar-refractivity contribution in [3.8, 4) is 0 Å². The monoisotopic (exact) mass is 284 g/mol. The Balaban J connectivity index is 2.34. The summed E-state index contributed by atoms with van der Waals surface area (Å²) in [5.41, 5.74) is -0.464. The lowest BCUT2D eigenvalue weighted by atomic mass is 9.86. The predicted molar refractivity (Wildman–Crippen MR) is 73.4 cm³/mol. The molecule has 5 nitrogen and oxygen atoms in total. The fourth-order valence-electron chi connectivity index (χ4n) is 2.77. The van der Waals surface area contributed by atoms with Gasteiger partial charge in [0.2, 0.25) is 15.5 Å². The van der Waals surface area contributed by atoms with Gasteiger partial charge in [-0.05, 0) is 18.8 Å². The van der Waals surface area contributed by atoms with Gasteiger partial charge in [-0.2, -0.15) is 4.31 Å². The summed E-state index contributed by atoms with van der Waals surface area (Å²) in [6, 6.07) is 1.23. The van der Waals surface area contributed by atoms with Crippen molar-refractivity contribution in [1.29, 1.82) is 0 Å². The van der Waals surface area contributed by atoms with Crippen molar-refractivity contribution >= 4 is 10.0 Å². The topological polar surface area (TPSA) is 70.2 Å². The molecule has 1 saturated carbocycles. The molecule has 0 amide bonds.